The number of hydrogen-bond acceptors (Lipinski definition) is 0. The molecule has 0 bridgehead atoms. The molecule has 0 heterocycles. The van der Waals surface area contributed by atoms with E-state index in [9.17, 15) is 70.2 Å². The van der Waals surface area contributed by atoms with Crippen molar-refractivity contribution < 1.29 is 70.2 Å². The van der Waals surface area contributed by atoms with E-state index in [0.29, 0.717) is 0 Å². The second-order valence-electron chi connectivity index (χ2n) is 5.58. The maximum atomic E-state index is 14.0. The molecule has 0 saturated carbocycles. The predicted molar refractivity (Wildman–Crippen MR) is 63.0 cm³/mol. The third-order valence-electron chi connectivity index (χ3n) is 4.04. The molecule has 1 aliphatic carbocycles. The lowest BCUT2D eigenvalue weighted by Crippen LogP contribution is -2.63. The van der Waals surface area contributed by atoms with Crippen molar-refractivity contribution in [3.63, 3.8) is 0 Å². The van der Waals surface area contributed by atoms with Crippen molar-refractivity contribution in [3.05, 3.63) is 52.1 Å². The molecular weight excluding hydrogens is 472 g/mol. The van der Waals surface area contributed by atoms with Gasteiger partial charge in [-0.1, -0.05) is 0 Å². The fourth-order valence-electron chi connectivity index (χ4n) is 2.75. The normalized spacial score (nSPS) is 19.6. The molecule has 0 spiro atoms. The quantitative estimate of drug-likeness (QED) is 0.235. The van der Waals surface area contributed by atoms with Gasteiger partial charge in [-0.3, -0.25) is 0 Å². The smallest absolute Gasteiger partial charge is 0.203 e. The summed E-state index contributed by atoms with van der Waals surface area (Å²) >= 11 is 0. The molecule has 1 aromatic rings. The summed E-state index contributed by atoms with van der Waals surface area (Å²) in [6.07, 6.45) is -15.2. The van der Waals surface area contributed by atoms with E-state index in [0.717, 1.165) is 0 Å². The van der Waals surface area contributed by atoms with E-state index < -0.39 is 81.4 Å². The summed E-state index contributed by atoms with van der Waals surface area (Å²) < 4.78 is 216. The third-order valence-corrected chi connectivity index (χ3v) is 4.04. The van der Waals surface area contributed by atoms with Crippen LogP contribution >= 0.6 is 0 Å². The van der Waals surface area contributed by atoms with Crippen molar-refractivity contribution in [1.82, 2.24) is 0 Å². The highest BCUT2D eigenvalue weighted by molar-refractivity contribution is 5.80. The zero-order chi connectivity index (χ0) is 23.8. The van der Waals surface area contributed by atoms with Crippen molar-refractivity contribution in [2.75, 3.05) is 0 Å². The molecule has 0 unspecified atom stereocenters. The van der Waals surface area contributed by atoms with Gasteiger partial charge in [-0.25, -0.2) is 35.1 Å². The van der Waals surface area contributed by atoms with Gasteiger partial charge < -0.3 is 0 Å². The molecule has 0 aliphatic heterocycles. The van der Waals surface area contributed by atoms with Gasteiger partial charge in [0.05, 0.1) is 5.56 Å². The summed E-state index contributed by atoms with van der Waals surface area (Å²) in [7, 11) is 0. The van der Waals surface area contributed by atoms with Crippen LogP contribution in [0.25, 0.3) is 5.57 Å². The molecule has 0 amide bonds. The second-order valence-corrected chi connectivity index (χ2v) is 5.58. The fourth-order valence-corrected chi connectivity index (χ4v) is 2.75. The maximum absolute atomic E-state index is 14.0. The molecule has 30 heavy (non-hydrogen) atoms. The first-order valence-electron chi connectivity index (χ1n) is 6.77. The Labute approximate surface area is 153 Å². The maximum Gasteiger partial charge on any atom is 0.413 e. The minimum Gasteiger partial charge on any atom is -0.203 e. The molecule has 16 heteroatoms. The number of allylic oxidation sites excluding steroid dienone is 4. The minimum atomic E-state index is -7.61. The summed E-state index contributed by atoms with van der Waals surface area (Å²) in [5, 5.41) is 0. The second kappa shape index (κ2) is 6.54. The molecule has 0 atom stereocenters. The van der Waals surface area contributed by atoms with Crippen molar-refractivity contribution >= 4 is 5.57 Å². The minimum absolute atomic E-state index is 3.18. The van der Waals surface area contributed by atoms with Crippen LogP contribution in [0.2, 0.25) is 0 Å². The van der Waals surface area contributed by atoms with Gasteiger partial charge in [0.25, 0.3) is 5.41 Å². The molecule has 0 saturated heterocycles. The van der Waals surface area contributed by atoms with Gasteiger partial charge in [-0.2, -0.15) is 35.1 Å². The van der Waals surface area contributed by atoms with Crippen LogP contribution in [-0.2, 0) is 0 Å². The van der Waals surface area contributed by atoms with E-state index >= 15 is 0 Å². The lowest BCUT2D eigenvalue weighted by Gasteiger charge is -2.45. The molecule has 0 aromatic heterocycles. The SMILES string of the molecule is FC1=C(F)C(F)(F)C(C(F)(F)F)(C(F)(F)F)C(c2c(F)c(F)c(F)c(F)c2F)=C1F. The van der Waals surface area contributed by atoms with E-state index in [1.54, 1.807) is 0 Å². The van der Waals surface area contributed by atoms with E-state index in [2.05, 4.69) is 0 Å². The average molecular weight is 472 g/mol. The summed E-state index contributed by atoms with van der Waals surface area (Å²) in [5.74, 6) is -36.1. The highest BCUT2D eigenvalue weighted by Crippen LogP contribution is 2.70. The number of halogens is 16. The van der Waals surface area contributed by atoms with E-state index in [-0.39, 0.29) is 0 Å². The summed E-state index contributed by atoms with van der Waals surface area (Å²) in [6.45, 7) is 0. The third kappa shape index (κ3) is 2.64. The Morgan fingerprint density at radius 2 is 0.833 bits per heavy atom. The molecular formula is C14F16. The predicted octanol–water partition coefficient (Wildman–Crippen LogP) is 6.97. The van der Waals surface area contributed by atoms with Crippen LogP contribution < -0.4 is 0 Å². The summed E-state index contributed by atoms with van der Waals surface area (Å²) in [4.78, 5) is 0. The zero-order valence-corrected chi connectivity index (χ0v) is 13.0. The van der Waals surface area contributed by atoms with Crippen LogP contribution in [0, 0.1) is 34.5 Å². The van der Waals surface area contributed by atoms with Crippen LogP contribution in [0.1, 0.15) is 5.56 Å². The van der Waals surface area contributed by atoms with E-state index in [1.165, 1.54) is 0 Å². The molecule has 1 aromatic carbocycles. The Hall–Kier alpha value is -2.42. The Morgan fingerprint density at radius 1 is 0.500 bits per heavy atom. The van der Waals surface area contributed by atoms with Gasteiger partial charge in [0.1, 0.15) is 0 Å². The van der Waals surface area contributed by atoms with Gasteiger partial charge in [-0.05, 0) is 0 Å². The number of hydrogen-bond donors (Lipinski definition) is 0. The van der Waals surface area contributed by atoms with Crippen molar-refractivity contribution in [2.45, 2.75) is 18.3 Å². The van der Waals surface area contributed by atoms with Crippen LogP contribution in [0.4, 0.5) is 70.2 Å². The average Bonchev–Trinajstić information content (AvgIpc) is 2.58. The first kappa shape index (κ1) is 23.9. The van der Waals surface area contributed by atoms with Gasteiger partial charge in [-0.15, -0.1) is 0 Å². The number of alkyl halides is 8. The van der Waals surface area contributed by atoms with E-state index in [1.807, 2.05) is 0 Å². The Bertz CT molecular complexity index is 930. The lowest BCUT2D eigenvalue weighted by molar-refractivity contribution is -0.369. The number of rotatable bonds is 1. The molecule has 0 N–H and O–H groups in total. The van der Waals surface area contributed by atoms with Gasteiger partial charge >= 0.3 is 18.3 Å². The van der Waals surface area contributed by atoms with Crippen LogP contribution in [0.3, 0.4) is 0 Å². The topological polar surface area (TPSA) is 0 Å². The molecule has 0 nitrogen and oxygen atoms in total. The van der Waals surface area contributed by atoms with Crippen LogP contribution in [-0.4, -0.2) is 18.3 Å². The summed E-state index contributed by atoms with van der Waals surface area (Å²) in [6, 6.07) is 0. The Morgan fingerprint density at radius 3 is 1.17 bits per heavy atom. The molecule has 0 radical (unpaired) electrons. The monoisotopic (exact) mass is 472 g/mol. The van der Waals surface area contributed by atoms with Crippen molar-refractivity contribution in [1.29, 1.82) is 0 Å². The molecule has 168 valence electrons. The largest absolute Gasteiger partial charge is 0.413 e. The van der Waals surface area contributed by atoms with Gasteiger partial charge in [0, 0.05) is 5.57 Å². The van der Waals surface area contributed by atoms with Crippen molar-refractivity contribution in [3.8, 4) is 0 Å². The molecule has 0 fully saturated rings. The standard InChI is InChI=1S/C14F16/c15-3-1(4(16)7(19)8(20)6(3)18)2-5(17)9(21)10(22)12(23,24)11(2,13(25,26)27)14(28,29)30. The first-order chi connectivity index (χ1) is 13.3. The van der Waals surface area contributed by atoms with Crippen molar-refractivity contribution in [2.24, 2.45) is 5.41 Å². The number of benzene rings is 1. The fraction of sp³-hybridized carbons (Fsp3) is 0.286. The zero-order valence-electron chi connectivity index (χ0n) is 13.0. The summed E-state index contributed by atoms with van der Waals surface area (Å²) in [5.41, 5.74) is -14.9. The van der Waals surface area contributed by atoms with Gasteiger partial charge in [0.15, 0.2) is 34.9 Å². The lowest BCUT2D eigenvalue weighted by atomic mass is 9.66. The van der Waals surface area contributed by atoms with Crippen LogP contribution in [0.5, 0.6) is 0 Å². The Balaban J connectivity index is 3.32. The molecule has 2 rings (SSSR count). The molecule has 1 aliphatic rings. The first-order valence-corrected chi connectivity index (χ1v) is 6.77. The highest BCUT2D eigenvalue weighted by atomic mass is 19.4. The van der Waals surface area contributed by atoms with Gasteiger partial charge in [0.2, 0.25) is 11.6 Å². The van der Waals surface area contributed by atoms with Crippen LogP contribution in [0.15, 0.2) is 17.5 Å². The highest BCUT2D eigenvalue weighted by Gasteiger charge is 2.87. The van der Waals surface area contributed by atoms with E-state index in [4.69, 9.17) is 0 Å². The Kier molecular flexibility index (Phi) is 5.20.